The summed E-state index contributed by atoms with van der Waals surface area (Å²) in [6.45, 7) is 3.02. The minimum Gasteiger partial charge on any atom is -0.361 e. The summed E-state index contributed by atoms with van der Waals surface area (Å²) in [6, 6.07) is 11.1. The van der Waals surface area contributed by atoms with Crippen LogP contribution in [0, 0.1) is 0 Å². The van der Waals surface area contributed by atoms with Gasteiger partial charge in [0.2, 0.25) is 10.0 Å². The highest BCUT2D eigenvalue weighted by Gasteiger charge is 2.19. The van der Waals surface area contributed by atoms with Gasteiger partial charge in [-0.2, -0.15) is 5.10 Å². The van der Waals surface area contributed by atoms with Gasteiger partial charge in [-0.05, 0) is 49.2 Å². The summed E-state index contributed by atoms with van der Waals surface area (Å²) >= 11 is 6.18. The molecule has 0 atom stereocenters. The highest BCUT2D eigenvalue weighted by molar-refractivity contribution is 7.89. The van der Waals surface area contributed by atoms with Crippen molar-refractivity contribution < 1.29 is 8.42 Å². The summed E-state index contributed by atoms with van der Waals surface area (Å²) in [7, 11) is -3.59. The fourth-order valence-electron chi connectivity index (χ4n) is 4.27. The number of hydrogen-bond donors (Lipinski definition) is 3. The Hall–Kier alpha value is -2.65. The average Bonchev–Trinajstić information content (AvgIpc) is 3.43. The van der Waals surface area contributed by atoms with E-state index in [9.17, 15) is 8.42 Å². The molecule has 1 aliphatic rings. The van der Waals surface area contributed by atoms with Gasteiger partial charge in [-0.15, -0.1) is 0 Å². The molecule has 9 heteroatoms. The largest absolute Gasteiger partial charge is 0.361 e. The number of aromatic amines is 2. The van der Waals surface area contributed by atoms with E-state index in [4.69, 9.17) is 11.6 Å². The number of H-pyrrole nitrogens is 2. The van der Waals surface area contributed by atoms with E-state index in [2.05, 4.69) is 37.1 Å². The second kappa shape index (κ2) is 8.71. The van der Waals surface area contributed by atoms with Crippen molar-refractivity contribution in [3.63, 3.8) is 0 Å². The molecule has 1 aliphatic heterocycles. The normalized spacial score (nSPS) is 15.5. The SMILES string of the molecule is O=S(=O)(NCCCN1CC=C(c2c[nH]c3ccc(Cl)cc23)CC1)c1cccc2cn[nH]c12. The van der Waals surface area contributed by atoms with Gasteiger partial charge >= 0.3 is 0 Å². The first-order valence-electron chi connectivity index (χ1n) is 10.6. The van der Waals surface area contributed by atoms with Crippen LogP contribution >= 0.6 is 11.6 Å². The number of fused-ring (bicyclic) bond motifs is 2. The van der Waals surface area contributed by atoms with Gasteiger partial charge in [-0.25, -0.2) is 13.1 Å². The Morgan fingerprint density at radius 2 is 2.12 bits per heavy atom. The molecule has 166 valence electrons. The summed E-state index contributed by atoms with van der Waals surface area (Å²) in [5, 5.41) is 9.38. The number of para-hydroxylation sites is 1. The molecule has 3 heterocycles. The first kappa shape index (κ1) is 21.2. The Balaban J connectivity index is 1.16. The van der Waals surface area contributed by atoms with E-state index in [1.165, 1.54) is 11.1 Å². The lowest BCUT2D eigenvalue weighted by molar-refractivity contribution is 0.298. The van der Waals surface area contributed by atoms with Crippen LogP contribution in [0.3, 0.4) is 0 Å². The Morgan fingerprint density at radius 3 is 2.97 bits per heavy atom. The van der Waals surface area contributed by atoms with Gasteiger partial charge in [0.1, 0.15) is 4.90 Å². The van der Waals surface area contributed by atoms with Crippen LogP contribution in [0.5, 0.6) is 0 Å². The number of aromatic nitrogens is 3. The van der Waals surface area contributed by atoms with Gasteiger partial charge < -0.3 is 4.98 Å². The molecule has 7 nitrogen and oxygen atoms in total. The van der Waals surface area contributed by atoms with E-state index >= 15 is 0 Å². The van der Waals surface area contributed by atoms with Gasteiger partial charge in [0.25, 0.3) is 0 Å². The molecule has 4 aromatic rings. The zero-order valence-corrected chi connectivity index (χ0v) is 19.0. The van der Waals surface area contributed by atoms with E-state index in [1.54, 1.807) is 18.3 Å². The number of nitrogens with one attached hydrogen (secondary N) is 3. The summed E-state index contributed by atoms with van der Waals surface area (Å²) in [6.07, 6.45) is 7.63. The van der Waals surface area contributed by atoms with Crippen LogP contribution in [-0.2, 0) is 10.0 Å². The zero-order valence-electron chi connectivity index (χ0n) is 17.4. The second-order valence-electron chi connectivity index (χ2n) is 8.01. The van der Waals surface area contributed by atoms with Gasteiger partial charge in [0.15, 0.2) is 0 Å². The zero-order chi connectivity index (χ0) is 22.1. The second-order valence-corrected chi connectivity index (χ2v) is 10.2. The predicted octanol–water partition coefficient (Wildman–Crippen LogP) is 4.16. The van der Waals surface area contributed by atoms with Crippen molar-refractivity contribution in [2.75, 3.05) is 26.2 Å². The summed E-state index contributed by atoms with van der Waals surface area (Å²) < 4.78 is 28.1. The lowest BCUT2D eigenvalue weighted by Crippen LogP contribution is -2.32. The Kier molecular flexibility index (Phi) is 5.77. The van der Waals surface area contributed by atoms with Crippen LogP contribution in [0.25, 0.3) is 27.4 Å². The fraction of sp³-hybridized carbons (Fsp3) is 0.261. The maximum atomic E-state index is 12.7. The molecule has 0 unspecified atom stereocenters. The molecule has 0 aliphatic carbocycles. The topological polar surface area (TPSA) is 93.9 Å². The summed E-state index contributed by atoms with van der Waals surface area (Å²) in [5.41, 5.74) is 4.16. The fourth-order valence-corrected chi connectivity index (χ4v) is 5.70. The number of sulfonamides is 1. The maximum absolute atomic E-state index is 12.7. The van der Waals surface area contributed by atoms with Crippen LogP contribution in [0.1, 0.15) is 18.4 Å². The quantitative estimate of drug-likeness (QED) is 0.354. The predicted molar refractivity (Wildman–Crippen MR) is 128 cm³/mol. The maximum Gasteiger partial charge on any atom is 0.242 e. The first-order valence-corrected chi connectivity index (χ1v) is 12.5. The molecule has 0 fully saturated rings. The van der Waals surface area contributed by atoms with Gasteiger partial charge in [0, 0.05) is 52.7 Å². The number of hydrogen-bond acceptors (Lipinski definition) is 4. The van der Waals surface area contributed by atoms with E-state index in [0.717, 1.165) is 53.8 Å². The molecule has 0 bridgehead atoms. The van der Waals surface area contributed by atoms with Crippen molar-refractivity contribution in [2.24, 2.45) is 0 Å². The van der Waals surface area contributed by atoms with E-state index in [1.807, 2.05) is 24.3 Å². The van der Waals surface area contributed by atoms with Gasteiger partial charge in [-0.3, -0.25) is 10.00 Å². The molecular formula is C23H24ClN5O2S. The van der Waals surface area contributed by atoms with E-state index in [0.29, 0.717) is 12.1 Å². The molecule has 3 N–H and O–H groups in total. The molecule has 5 rings (SSSR count). The first-order chi connectivity index (χ1) is 15.5. The minimum atomic E-state index is -3.59. The van der Waals surface area contributed by atoms with Crippen LogP contribution in [0.2, 0.25) is 5.02 Å². The highest BCUT2D eigenvalue weighted by Crippen LogP contribution is 2.31. The van der Waals surface area contributed by atoms with Crippen LogP contribution in [0.15, 0.2) is 59.8 Å². The van der Waals surface area contributed by atoms with Crippen LogP contribution < -0.4 is 4.72 Å². The molecule has 0 amide bonds. The summed E-state index contributed by atoms with van der Waals surface area (Å²) in [4.78, 5) is 5.89. The van der Waals surface area contributed by atoms with Crippen molar-refractivity contribution in [3.8, 4) is 0 Å². The molecule has 32 heavy (non-hydrogen) atoms. The lowest BCUT2D eigenvalue weighted by Gasteiger charge is -2.26. The monoisotopic (exact) mass is 469 g/mol. The minimum absolute atomic E-state index is 0.233. The summed E-state index contributed by atoms with van der Waals surface area (Å²) in [5.74, 6) is 0. The molecule has 0 saturated heterocycles. The third-order valence-electron chi connectivity index (χ3n) is 5.95. The third-order valence-corrected chi connectivity index (χ3v) is 7.69. The Labute approximate surface area is 191 Å². The van der Waals surface area contributed by atoms with Crippen LogP contribution in [-0.4, -0.2) is 54.7 Å². The Bertz CT molecular complexity index is 1410. The van der Waals surface area contributed by atoms with Gasteiger partial charge in [0.05, 0.1) is 11.7 Å². The van der Waals surface area contributed by atoms with Crippen LogP contribution in [0.4, 0.5) is 0 Å². The van der Waals surface area contributed by atoms with Crippen molar-refractivity contribution in [2.45, 2.75) is 17.7 Å². The average molecular weight is 470 g/mol. The number of rotatable bonds is 7. The number of nitrogens with zero attached hydrogens (tertiary/aromatic N) is 2. The van der Waals surface area contributed by atoms with E-state index in [-0.39, 0.29) is 4.90 Å². The third kappa shape index (κ3) is 4.19. The standard InChI is InChI=1S/C23H24ClN5O2S/c24-18-5-6-21-19(13-18)20(15-25-21)16-7-11-29(12-8-16)10-2-9-27-32(30,31)22-4-1-3-17-14-26-28-23(17)22/h1,3-7,13-15,25,27H,2,8-12H2,(H,26,28). The molecule has 0 spiro atoms. The Morgan fingerprint density at radius 1 is 1.22 bits per heavy atom. The van der Waals surface area contributed by atoms with Crippen molar-refractivity contribution in [1.29, 1.82) is 0 Å². The van der Waals surface area contributed by atoms with Crippen molar-refractivity contribution >= 4 is 49.0 Å². The number of benzene rings is 2. The molecule has 0 radical (unpaired) electrons. The van der Waals surface area contributed by atoms with Gasteiger partial charge in [-0.1, -0.05) is 29.8 Å². The molecule has 2 aromatic carbocycles. The van der Waals surface area contributed by atoms with Crippen molar-refractivity contribution in [1.82, 2.24) is 24.8 Å². The number of halogens is 1. The molecule has 2 aromatic heterocycles. The lowest BCUT2D eigenvalue weighted by atomic mass is 9.99. The molecular weight excluding hydrogens is 446 g/mol. The van der Waals surface area contributed by atoms with Crippen molar-refractivity contribution in [3.05, 3.63) is 65.5 Å². The van der Waals surface area contributed by atoms with E-state index < -0.39 is 10.0 Å². The highest BCUT2D eigenvalue weighted by atomic mass is 35.5. The smallest absolute Gasteiger partial charge is 0.242 e. The molecule has 0 saturated carbocycles.